The van der Waals surface area contributed by atoms with Crippen molar-refractivity contribution in [1.29, 1.82) is 0 Å². The second-order valence-electron chi connectivity index (χ2n) is 6.64. The van der Waals surface area contributed by atoms with Crippen LogP contribution in [0.4, 0.5) is 13.2 Å². The lowest BCUT2D eigenvalue weighted by molar-refractivity contribution is -0.137. The summed E-state index contributed by atoms with van der Waals surface area (Å²) in [5, 5.41) is 10.0. The Kier molecular flexibility index (Phi) is 4.33. The number of para-hydroxylation sites is 1. The molecule has 0 radical (unpaired) electrons. The SMILES string of the molecule is O=C(O)Cn1c2c(c3ccccc31)CN(C(=O)c1c(F)cc(F)cc1F)CC2. The molecule has 2 aromatic carbocycles. The van der Waals surface area contributed by atoms with Gasteiger partial charge in [-0.2, -0.15) is 0 Å². The van der Waals surface area contributed by atoms with Gasteiger partial charge in [0.1, 0.15) is 29.6 Å². The number of carboxylic acid groups (broad SMARTS) is 1. The average Bonchev–Trinajstić information content (AvgIpc) is 2.94. The highest BCUT2D eigenvalue weighted by Crippen LogP contribution is 2.32. The molecule has 1 aliphatic heterocycles. The van der Waals surface area contributed by atoms with E-state index < -0.39 is 34.9 Å². The van der Waals surface area contributed by atoms with Crippen LogP contribution in [0.1, 0.15) is 21.6 Å². The number of nitrogens with zero attached hydrogens (tertiary/aromatic N) is 2. The Labute approximate surface area is 157 Å². The summed E-state index contributed by atoms with van der Waals surface area (Å²) in [6.45, 7) is 0.0284. The van der Waals surface area contributed by atoms with Crippen LogP contribution in [0, 0.1) is 17.5 Å². The summed E-state index contributed by atoms with van der Waals surface area (Å²) < 4.78 is 42.9. The van der Waals surface area contributed by atoms with Gasteiger partial charge in [-0.25, -0.2) is 13.2 Å². The van der Waals surface area contributed by atoms with E-state index in [0.29, 0.717) is 18.6 Å². The summed E-state index contributed by atoms with van der Waals surface area (Å²) in [6.07, 6.45) is 0.341. The van der Waals surface area contributed by atoms with Crippen molar-refractivity contribution in [3.05, 3.63) is 70.7 Å². The van der Waals surface area contributed by atoms with Gasteiger partial charge in [0, 0.05) is 53.8 Å². The van der Waals surface area contributed by atoms with Crippen molar-refractivity contribution in [2.75, 3.05) is 6.54 Å². The third-order valence-corrected chi connectivity index (χ3v) is 4.96. The van der Waals surface area contributed by atoms with Crippen molar-refractivity contribution >= 4 is 22.8 Å². The second-order valence-corrected chi connectivity index (χ2v) is 6.64. The fourth-order valence-corrected chi connectivity index (χ4v) is 3.79. The monoisotopic (exact) mass is 388 g/mol. The number of fused-ring (bicyclic) bond motifs is 3. The molecular formula is C20H15F3N2O3. The number of rotatable bonds is 3. The predicted octanol–water partition coefficient (Wildman–Crippen LogP) is 3.34. The molecule has 4 rings (SSSR count). The minimum atomic E-state index is -1.25. The minimum Gasteiger partial charge on any atom is -0.480 e. The quantitative estimate of drug-likeness (QED) is 0.749. The molecule has 3 aromatic rings. The molecule has 0 fully saturated rings. The third-order valence-electron chi connectivity index (χ3n) is 4.96. The van der Waals surface area contributed by atoms with Crippen molar-refractivity contribution in [1.82, 2.24) is 9.47 Å². The molecule has 5 nitrogen and oxygen atoms in total. The summed E-state index contributed by atoms with van der Waals surface area (Å²) in [5.41, 5.74) is 1.47. The second kappa shape index (κ2) is 6.70. The highest BCUT2D eigenvalue weighted by atomic mass is 19.1. The molecule has 0 saturated carbocycles. The number of hydrogen-bond donors (Lipinski definition) is 1. The van der Waals surface area contributed by atoms with Gasteiger partial charge in [0.25, 0.3) is 5.91 Å². The van der Waals surface area contributed by atoms with Gasteiger partial charge in [-0.3, -0.25) is 9.59 Å². The van der Waals surface area contributed by atoms with E-state index in [-0.39, 0.29) is 19.6 Å². The molecule has 28 heavy (non-hydrogen) atoms. The van der Waals surface area contributed by atoms with Crippen LogP contribution < -0.4 is 0 Å². The van der Waals surface area contributed by atoms with Crippen LogP contribution in [0.25, 0.3) is 10.9 Å². The number of carboxylic acids is 1. The van der Waals surface area contributed by atoms with Crippen molar-refractivity contribution in [3.8, 4) is 0 Å². The number of hydrogen-bond acceptors (Lipinski definition) is 2. The van der Waals surface area contributed by atoms with E-state index in [0.717, 1.165) is 22.2 Å². The Morgan fingerprint density at radius 3 is 2.43 bits per heavy atom. The van der Waals surface area contributed by atoms with Crippen molar-refractivity contribution in [2.45, 2.75) is 19.5 Å². The van der Waals surface area contributed by atoms with Gasteiger partial charge < -0.3 is 14.6 Å². The zero-order chi connectivity index (χ0) is 20.0. The van der Waals surface area contributed by atoms with E-state index >= 15 is 0 Å². The number of benzene rings is 2. The average molecular weight is 388 g/mol. The van der Waals surface area contributed by atoms with E-state index in [9.17, 15) is 27.9 Å². The molecule has 144 valence electrons. The van der Waals surface area contributed by atoms with Crippen LogP contribution in [0.2, 0.25) is 0 Å². The summed E-state index contributed by atoms with van der Waals surface area (Å²) in [5.74, 6) is -5.44. The van der Waals surface area contributed by atoms with Crippen LogP contribution in [0.5, 0.6) is 0 Å². The number of aromatic nitrogens is 1. The topological polar surface area (TPSA) is 62.5 Å². The molecule has 2 heterocycles. The summed E-state index contributed by atoms with van der Waals surface area (Å²) in [7, 11) is 0. The Morgan fingerprint density at radius 2 is 1.75 bits per heavy atom. The predicted molar refractivity (Wildman–Crippen MR) is 94.3 cm³/mol. The van der Waals surface area contributed by atoms with Crippen molar-refractivity contribution < 1.29 is 27.9 Å². The van der Waals surface area contributed by atoms with Gasteiger partial charge >= 0.3 is 5.97 Å². The maximum absolute atomic E-state index is 14.0. The Bertz CT molecular complexity index is 1100. The van der Waals surface area contributed by atoms with Gasteiger partial charge in [0.15, 0.2) is 0 Å². The fraction of sp³-hybridized carbons (Fsp3) is 0.200. The summed E-state index contributed by atoms with van der Waals surface area (Å²) >= 11 is 0. The van der Waals surface area contributed by atoms with Crippen molar-refractivity contribution in [3.63, 3.8) is 0 Å². The molecule has 1 aromatic heterocycles. The Hall–Kier alpha value is -3.29. The number of amides is 1. The first-order valence-electron chi connectivity index (χ1n) is 8.61. The van der Waals surface area contributed by atoms with E-state index in [1.165, 1.54) is 4.90 Å². The highest BCUT2D eigenvalue weighted by Gasteiger charge is 2.30. The molecule has 8 heteroatoms. The van der Waals surface area contributed by atoms with E-state index in [1.54, 1.807) is 22.8 Å². The van der Waals surface area contributed by atoms with E-state index in [1.807, 2.05) is 6.07 Å². The highest BCUT2D eigenvalue weighted by molar-refractivity contribution is 5.96. The molecule has 0 bridgehead atoms. The number of carbonyl (C=O) groups excluding carboxylic acids is 1. The number of carbonyl (C=O) groups is 2. The first kappa shape index (κ1) is 18.1. The Balaban J connectivity index is 1.75. The Morgan fingerprint density at radius 1 is 1.07 bits per heavy atom. The number of halogens is 3. The summed E-state index contributed by atoms with van der Waals surface area (Å²) in [4.78, 5) is 25.3. The zero-order valence-corrected chi connectivity index (χ0v) is 14.6. The van der Waals surface area contributed by atoms with Crippen LogP contribution in [0.15, 0.2) is 36.4 Å². The molecule has 0 atom stereocenters. The van der Waals surface area contributed by atoms with E-state index in [4.69, 9.17) is 0 Å². The molecule has 0 saturated heterocycles. The maximum Gasteiger partial charge on any atom is 0.323 e. The van der Waals surface area contributed by atoms with Crippen LogP contribution in [-0.4, -0.2) is 33.0 Å². The van der Waals surface area contributed by atoms with Gasteiger partial charge in [-0.1, -0.05) is 18.2 Å². The molecule has 1 N–H and O–H groups in total. The zero-order valence-electron chi connectivity index (χ0n) is 14.6. The molecule has 0 aliphatic carbocycles. The van der Waals surface area contributed by atoms with Crippen LogP contribution >= 0.6 is 0 Å². The lowest BCUT2D eigenvalue weighted by Gasteiger charge is -2.28. The molecular weight excluding hydrogens is 373 g/mol. The minimum absolute atomic E-state index is 0.0809. The first-order chi connectivity index (χ1) is 13.4. The molecule has 0 spiro atoms. The van der Waals surface area contributed by atoms with E-state index in [2.05, 4.69) is 0 Å². The molecule has 1 amide bonds. The lowest BCUT2D eigenvalue weighted by atomic mass is 10.0. The standard InChI is InChI=1S/C20H15F3N2O3/c21-11-7-14(22)19(15(23)8-11)20(28)24-6-5-17-13(9-24)12-3-1-2-4-16(12)25(17)10-18(26)27/h1-4,7-8H,5-6,9-10H2,(H,26,27). The van der Waals surface area contributed by atoms with Gasteiger partial charge in [-0.15, -0.1) is 0 Å². The van der Waals surface area contributed by atoms with Crippen LogP contribution in [-0.2, 0) is 24.3 Å². The lowest BCUT2D eigenvalue weighted by Crippen LogP contribution is -2.37. The van der Waals surface area contributed by atoms with Gasteiger partial charge in [0.05, 0.1) is 0 Å². The van der Waals surface area contributed by atoms with Gasteiger partial charge in [0.2, 0.25) is 0 Å². The molecule has 1 aliphatic rings. The smallest absolute Gasteiger partial charge is 0.323 e. The third kappa shape index (κ3) is 2.90. The largest absolute Gasteiger partial charge is 0.480 e. The van der Waals surface area contributed by atoms with Gasteiger partial charge in [-0.05, 0) is 6.07 Å². The van der Waals surface area contributed by atoms with Crippen LogP contribution in [0.3, 0.4) is 0 Å². The first-order valence-corrected chi connectivity index (χ1v) is 8.61. The normalized spacial score (nSPS) is 13.6. The van der Waals surface area contributed by atoms with Crippen molar-refractivity contribution in [2.24, 2.45) is 0 Å². The summed E-state index contributed by atoms with van der Waals surface area (Å²) in [6, 6.07) is 8.16. The maximum atomic E-state index is 14.0. The fourth-order valence-electron chi connectivity index (χ4n) is 3.79. The molecule has 0 unspecified atom stereocenters. The number of aliphatic carboxylic acids is 1.